The first-order chi connectivity index (χ1) is 18.9. The summed E-state index contributed by atoms with van der Waals surface area (Å²) in [6, 6.07) is 5.64. The highest BCUT2D eigenvalue weighted by atomic mass is 19.1. The fraction of sp³-hybridized carbons (Fsp3) is 0.586. The maximum Gasteiger partial charge on any atom is 0.270 e. The van der Waals surface area contributed by atoms with Crippen LogP contribution in [0, 0.1) is 11.7 Å². The summed E-state index contributed by atoms with van der Waals surface area (Å²) < 4.78 is 16.8. The van der Waals surface area contributed by atoms with Crippen LogP contribution in [0.1, 0.15) is 73.5 Å². The number of amides is 3. The van der Waals surface area contributed by atoms with Crippen molar-refractivity contribution in [1.82, 2.24) is 24.9 Å². The van der Waals surface area contributed by atoms with Gasteiger partial charge < -0.3 is 20.4 Å². The molecule has 1 atom stereocenters. The highest BCUT2D eigenvalue weighted by Gasteiger charge is 2.32. The molecule has 1 aliphatic heterocycles. The predicted molar refractivity (Wildman–Crippen MR) is 146 cm³/mol. The standard InChI is InChI=1S/C29H39FN6O3/c1-34-13-15-35(16-14-34)29(39)25(33-28(38)26-11-12-31-36(26)22-8-9-22)18-21-7-10-24(23(30)17-21)32-27(37)19-20-5-3-2-4-6-20/h7,10-12,17,20,22,25H,2-6,8-9,13-16,18-19H2,1H3,(H,32,37)(H,33,38). The highest BCUT2D eigenvalue weighted by molar-refractivity contribution is 5.96. The number of halogens is 1. The number of piperazine rings is 1. The number of benzene rings is 1. The summed E-state index contributed by atoms with van der Waals surface area (Å²) in [6.07, 6.45) is 9.72. The molecule has 1 aromatic carbocycles. The average Bonchev–Trinajstić information content (AvgIpc) is 3.66. The van der Waals surface area contributed by atoms with Crippen molar-refractivity contribution in [3.63, 3.8) is 0 Å². The molecule has 2 aromatic rings. The van der Waals surface area contributed by atoms with Crippen LogP contribution < -0.4 is 10.6 Å². The van der Waals surface area contributed by atoms with Gasteiger partial charge in [0.25, 0.3) is 5.91 Å². The van der Waals surface area contributed by atoms with Crippen LogP contribution >= 0.6 is 0 Å². The third-order valence-corrected chi connectivity index (χ3v) is 8.16. The monoisotopic (exact) mass is 538 g/mol. The molecular weight excluding hydrogens is 499 g/mol. The number of hydrogen-bond donors (Lipinski definition) is 2. The Morgan fingerprint density at radius 1 is 1.03 bits per heavy atom. The van der Waals surface area contributed by atoms with Gasteiger partial charge in [0, 0.05) is 45.2 Å². The molecule has 2 heterocycles. The maximum atomic E-state index is 15.1. The van der Waals surface area contributed by atoms with Crippen molar-refractivity contribution in [2.24, 2.45) is 5.92 Å². The van der Waals surface area contributed by atoms with Crippen molar-refractivity contribution < 1.29 is 18.8 Å². The maximum absolute atomic E-state index is 15.1. The van der Waals surface area contributed by atoms with Crippen molar-refractivity contribution in [2.75, 3.05) is 38.5 Å². The number of aromatic nitrogens is 2. The SMILES string of the molecule is CN1CCN(C(=O)C(Cc2ccc(NC(=O)CC3CCCCC3)c(F)c2)NC(=O)c2ccnn2C2CC2)CC1. The third-order valence-electron chi connectivity index (χ3n) is 8.16. The number of carbonyl (C=O) groups is 3. The van der Waals surface area contributed by atoms with E-state index in [1.54, 1.807) is 34.0 Å². The van der Waals surface area contributed by atoms with Gasteiger partial charge in [-0.15, -0.1) is 0 Å². The van der Waals surface area contributed by atoms with Crippen LogP contribution in [0.15, 0.2) is 30.5 Å². The smallest absolute Gasteiger partial charge is 0.270 e. The summed E-state index contributed by atoms with van der Waals surface area (Å²) in [5.41, 5.74) is 1.14. The number of carbonyl (C=O) groups excluding carboxylic acids is 3. The van der Waals surface area contributed by atoms with Gasteiger partial charge in [0.05, 0.1) is 11.7 Å². The van der Waals surface area contributed by atoms with E-state index in [9.17, 15) is 14.4 Å². The van der Waals surface area contributed by atoms with Gasteiger partial charge in [0.15, 0.2) is 0 Å². The van der Waals surface area contributed by atoms with Gasteiger partial charge in [-0.2, -0.15) is 5.10 Å². The molecule has 2 saturated carbocycles. The Kier molecular flexibility index (Phi) is 8.60. The second-order valence-corrected chi connectivity index (χ2v) is 11.3. The number of rotatable bonds is 9. The van der Waals surface area contributed by atoms with Crippen LogP contribution in [0.5, 0.6) is 0 Å². The minimum atomic E-state index is -0.852. The van der Waals surface area contributed by atoms with Crippen LogP contribution in [0.2, 0.25) is 0 Å². The molecule has 2 N–H and O–H groups in total. The largest absolute Gasteiger partial charge is 0.339 e. The number of anilines is 1. The third kappa shape index (κ3) is 7.03. The molecule has 10 heteroatoms. The van der Waals surface area contributed by atoms with E-state index < -0.39 is 11.9 Å². The van der Waals surface area contributed by atoms with Crippen molar-refractivity contribution in [3.8, 4) is 0 Å². The zero-order valence-corrected chi connectivity index (χ0v) is 22.7. The minimum absolute atomic E-state index is 0.138. The van der Waals surface area contributed by atoms with Crippen LogP contribution in [0.25, 0.3) is 0 Å². The lowest BCUT2D eigenvalue weighted by Gasteiger charge is -2.34. The minimum Gasteiger partial charge on any atom is -0.339 e. The van der Waals surface area contributed by atoms with E-state index in [0.717, 1.165) is 51.6 Å². The van der Waals surface area contributed by atoms with Gasteiger partial charge in [-0.05, 0) is 62.4 Å². The van der Waals surface area contributed by atoms with Crippen molar-refractivity contribution in [1.29, 1.82) is 0 Å². The van der Waals surface area contributed by atoms with E-state index >= 15 is 4.39 Å². The van der Waals surface area contributed by atoms with E-state index in [2.05, 4.69) is 20.6 Å². The first kappa shape index (κ1) is 27.3. The summed E-state index contributed by atoms with van der Waals surface area (Å²) in [5, 5.41) is 9.92. The topological polar surface area (TPSA) is 99.6 Å². The Hall–Kier alpha value is -3.27. The first-order valence-corrected chi connectivity index (χ1v) is 14.3. The molecule has 3 aliphatic rings. The van der Waals surface area contributed by atoms with Crippen molar-refractivity contribution in [2.45, 2.75) is 69.9 Å². The molecule has 5 rings (SSSR count). The summed E-state index contributed by atoms with van der Waals surface area (Å²) in [6.45, 7) is 2.65. The normalized spacial score (nSPS) is 19.5. The molecule has 3 fully saturated rings. The van der Waals surface area contributed by atoms with Crippen molar-refractivity contribution >= 4 is 23.4 Å². The van der Waals surface area contributed by atoms with Crippen LogP contribution in [-0.4, -0.2) is 76.6 Å². The molecular formula is C29H39FN6O3. The molecule has 9 nitrogen and oxygen atoms in total. The lowest BCUT2D eigenvalue weighted by atomic mass is 9.87. The number of nitrogens with one attached hydrogen (secondary N) is 2. The number of likely N-dealkylation sites (N-methyl/N-ethyl adjacent to an activating group) is 1. The second-order valence-electron chi connectivity index (χ2n) is 11.3. The van der Waals surface area contributed by atoms with Crippen LogP contribution in [0.3, 0.4) is 0 Å². The quantitative estimate of drug-likeness (QED) is 0.510. The Balaban J connectivity index is 1.27. The lowest BCUT2D eigenvalue weighted by molar-refractivity contribution is -0.134. The summed E-state index contributed by atoms with van der Waals surface area (Å²) in [5.74, 6) is -0.898. The predicted octanol–water partition coefficient (Wildman–Crippen LogP) is 3.38. The van der Waals surface area contributed by atoms with E-state index in [0.29, 0.717) is 36.7 Å². The molecule has 210 valence electrons. The highest BCUT2D eigenvalue weighted by Crippen LogP contribution is 2.35. The summed E-state index contributed by atoms with van der Waals surface area (Å²) in [4.78, 5) is 43.2. The Labute approximate surface area is 229 Å². The zero-order chi connectivity index (χ0) is 27.4. The van der Waals surface area contributed by atoms with Crippen LogP contribution in [0.4, 0.5) is 10.1 Å². The average molecular weight is 539 g/mol. The molecule has 1 unspecified atom stereocenters. The molecule has 2 aliphatic carbocycles. The van der Waals surface area contributed by atoms with E-state index in [4.69, 9.17) is 0 Å². The molecule has 0 bridgehead atoms. The van der Waals surface area contributed by atoms with Crippen molar-refractivity contribution in [3.05, 3.63) is 47.5 Å². The Bertz CT molecular complexity index is 1180. The Morgan fingerprint density at radius 2 is 1.77 bits per heavy atom. The van der Waals surface area contributed by atoms with E-state index in [-0.39, 0.29) is 35.9 Å². The van der Waals surface area contributed by atoms with Gasteiger partial charge in [-0.25, -0.2) is 4.39 Å². The van der Waals surface area contributed by atoms with Gasteiger partial charge in [0.1, 0.15) is 17.6 Å². The number of nitrogens with zero attached hydrogens (tertiary/aromatic N) is 4. The Morgan fingerprint density at radius 3 is 2.46 bits per heavy atom. The molecule has 39 heavy (non-hydrogen) atoms. The fourth-order valence-corrected chi connectivity index (χ4v) is 5.66. The molecule has 3 amide bonds. The number of hydrogen-bond acceptors (Lipinski definition) is 5. The molecule has 0 spiro atoms. The molecule has 1 saturated heterocycles. The molecule has 1 aromatic heterocycles. The fourth-order valence-electron chi connectivity index (χ4n) is 5.66. The zero-order valence-electron chi connectivity index (χ0n) is 22.7. The van der Waals surface area contributed by atoms with Gasteiger partial charge in [0.2, 0.25) is 11.8 Å². The summed E-state index contributed by atoms with van der Waals surface area (Å²) >= 11 is 0. The summed E-state index contributed by atoms with van der Waals surface area (Å²) in [7, 11) is 2.01. The van der Waals surface area contributed by atoms with Gasteiger partial charge in [-0.3, -0.25) is 19.1 Å². The lowest BCUT2D eigenvalue weighted by Crippen LogP contribution is -2.55. The van der Waals surface area contributed by atoms with Gasteiger partial charge >= 0.3 is 0 Å². The van der Waals surface area contributed by atoms with E-state index in [1.807, 2.05) is 7.05 Å². The van der Waals surface area contributed by atoms with E-state index in [1.165, 1.54) is 12.5 Å². The van der Waals surface area contributed by atoms with Crippen LogP contribution in [-0.2, 0) is 16.0 Å². The van der Waals surface area contributed by atoms with Gasteiger partial charge in [-0.1, -0.05) is 25.3 Å². The second kappa shape index (κ2) is 12.3. The first-order valence-electron chi connectivity index (χ1n) is 14.3. The molecule has 0 radical (unpaired) electrons.